The third-order valence-electron chi connectivity index (χ3n) is 9.91. The van der Waals surface area contributed by atoms with Crippen molar-refractivity contribution in [3.05, 3.63) is 144 Å². The van der Waals surface area contributed by atoms with Gasteiger partial charge in [0.05, 0.1) is 17.0 Å². The average molecular weight is 800 g/mol. The molecule has 0 fully saturated rings. The molecule has 4 aromatic heterocycles. The van der Waals surface area contributed by atoms with Gasteiger partial charge in [-0.3, -0.25) is 4.98 Å². The molecule has 0 atom stereocenters. The number of fused-ring (bicyclic) bond motifs is 11. The van der Waals surface area contributed by atoms with Gasteiger partial charge in [-0.05, 0) is 41.0 Å². The molecule has 0 unspecified atom stereocenters. The monoisotopic (exact) mass is 799 g/mol. The van der Waals surface area contributed by atoms with Crippen molar-refractivity contribution >= 4 is 49.1 Å². The Hall–Kier alpha value is -5.25. The van der Waals surface area contributed by atoms with Gasteiger partial charge in [-0.25, -0.2) is 4.98 Å². The molecule has 48 heavy (non-hydrogen) atoms. The zero-order chi connectivity index (χ0) is 31.4. The van der Waals surface area contributed by atoms with Gasteiger partial charge in [0, 0.05) is 39.7 Å². The van der Waals surface area contributed by atoms with Crippen molar-refractivity contribution in [1.82, 2.24) is 18.9 Å². The number of nitrogens with zero attached hydrogens (tertiary/aromatic N) is 4. The van der Waals surface area contributed by atoms with Crippen LogP contribution in [0.3, 0.4) is 0 Å². The minimum atomic E-state index is -0.173. The van der Waals surface area contributed by atoms with E-state index in [1.807, 2.05) is 30.5 Å². The van der Waals surface area contributed by atoms with Crippen LogP contribution in [0.4, 0.5) is 0 Å². The van der Waals surface area contributed by atoms with Crippen molar-refractivity contribution in [2.45, 2.75) is 26.2 Å². The van der Waals surface area contributed by atoms with E-state index in [9.17, 15) is 0 Å². The van der Waals surface area contributed by atoms with E-state index in [2.05, 4.69) is 127 Å². The van der Waals surface area contributed by atoms with Gasteiger partial charge < -0.3 is 13.7 Å². The van der Waals surface area contributed by atoms with Crippen molar-refractivity contribution in [2.75, 3.05) is 0 Å². The number of benzene rings is 5. The van der Waals surface area contributed by atoms with Gasteiger partial charge in [0.2, 0.25) is 0 Å². The number of imidazole rings is 1. The molecule has 1 aliphatic heterocycles. The molecule has 10 rings (SSSR count). The molecule has 0 N–H and O–H groups in total. The first kappa shape index (κ1) is 28.9. The first-order chi connectivity index (χ1) is 23.0. The van der Waals surface area contributed by atoms with Crippen LogP contribution < -0.4 is 4.74 Å². The number of ether oxygens (including phenoxy) is 1. The normalized spacial score (nSPS) is 13.3. The fourth-order valence-corrected chi connectivity index (χ4v) is 7.77. The van der Waals surface area contributed by atoms with Gasteiger partial charge in [0.15, 0.2) is 0 Å². The molecule has 6 heteroatoms. The van der Waals surface area contributed by atoms with Gasteiger partial charge in [0.25, 0.3) is 0 Å². The maximum atomic E-state index is 6.57. The summed E-state index contributed by atoms with van der Waals surface area (Å²) in [5.41, 5.74) is 9.60. The molecular weight excluding hydrogens is 772 g/mol. The summed E-state index contributed by atoms with van der Waals surface area (Å²) in [7, 11) is 0. The van der Waals surface area contributed by atoms with Crippen LogP contribution >= 0.6 is 0 Å². The summed E-state index contributed by atoms with van der Waals surface area (Å²) in [5.74, 6) is 2.18. The summed E-state index contributed by atoms with van der Waals surface area (Å²) in [4.78, 5) is 9.99. The topological polar surface area (TPSA) is 44.3 Å². The van der Waals surface area contributed by atoms with Crippen LogP contribution in [0.5, 0.6) is 11.5 Å². The van der Waals surface area contributed by atoms with Gasteiger partial charge >= 0.3 is 21.1 Å². The van der Waals surface area contributed by atoms with Gasteiger partial charge in [-0.2, -0.15) is 6.07 Å². The second-order valence-corrected chi connectivity index (χ2v) is 12.9. The van der Waals surface area contributed by atoms with Crippen LogP contribution in [0.25, 0.3) is 66.2 Å². The van der Waals surface area contributed by atoms with Crippen LogP contribution in [-0.4, -0.2) is 18.9 Å². The number of rotatable bonds is 3. The van der Waals surface area contributed by atoms with Gasteiger partial charge in [0.1, 0.15) is 5.82 Å². The zero-order valence-corrected chi connectivity index (χ0v) is 28.8. The summed E-state index contributed by atoms with van der Waals surface area (Å²) in [6, 6.07) is 45.3. The first-order valence-corrected chi connectivity index (χ1v) is 15.9. The average Bonchev–Trinajstić information content (AvgIpc) is 3.63. The number of hydrogen-bond acceptors (Lipinski definition) is 3. The Morgan fingerprint density at radius 2 is 1.42 bits per heavy atom. The Bertz CT molecular complexity index is 2760. The van der Waals surface area contributed by atoms with Gasteiger partial charge in [-0.15, -0.1) is 29.7 Å². The van der Waals surface area contributed by atoms with Crippen molar-refractivity contribution in [3.63, 3.8) is 0 Å². The van der Waals surface area contributed by atoms with Crippen LogP contribution in [-0.2, 0) is 26.5 Å². The Balaban J connectivity index is 0.00000314. The number of pyridine rings is 2. The van der Waals surface area contributed by atoms with E-state index in [4.69, 9.17) is 14.7 Å². The van der Waals surface area contributed by atoms with E-state index in [0.29, 0.717) is 11.5 Å². The van der Waals surface area contributed by atoms with E-state index < -0.39 is 0 Å². The summed E-state index contributed by atoms with van der Waals surface area (Å²) in [6.45, 7) is 6.64. The number of hydrogen-bond donors (Lipinski definition) is 0. The second kappa shape index (κ2) is 10.4. The number of para-hydroxylation sites is 2. The van der Waals surface area contributed by atoms with Crippen molar-refractivity contribution in [2.24, 2.45) is 0 Å². The maximum Gasteiger partial charge on any atom is 2.00 e. The standard InChI is InChI=1S/C42H28N4O.Pt/c1-25-38(26-11-5-4-6-12-26)45-36-17-8-7-13-30(36)29-20-18-27(23-33(29)40(45)44-25)47-28-19-21-31-32-14-9-15-34-39(32)46(37(31)24-28)41-35(42(34,2)3)16-10-22-43-41;/h4-22H,1-3H3;/q-2;+2. The SMILES string of the molecule is Cc1nc2c3[c-]c(Oc4[c-]c5c(cc4)c4cccc6c4n5-c4ncccc4C6(C)C)ccc3c3ccccc3n2c1-c1ccccc1.[Pt+2]. The van der Waals surface area contributed by atoms with E-state index in [-0.39, 0.29) is 26.5 Å². The summed E-state index contributed by atoms with van der Waals surface area (Å²) >= 11 is 0. The van der Waals surface area contributed by atoms with Crippen LogP contribution in [0.15, 0.2) is 115 Å². The van der Waals surface area contributed by atoms with E-state index in [0.717, 1.165) is 61.0 Å². The summed E-state index contributed by atoms with van der Waals surface area (Å²) in [6.07, 6.45) is 1.87. The predicted octanol–water partition coefficient (Wildman–Crippen LogP) is 10.1. The summed E-state index contributed by atoms with van der Waals surface area (Å²) in [5, 5.41) is 5.47. The van der Waals surface area contributed by atoms with E-state index >= 15 is 0 Å². The molecule has 0 saturated heterocycles. The molecule has 0 saturated carbocycles. The minimum Gasteiger partial charge on any atom is -0.503 e. The van der Waals surface area contributed by atoms with Crippen LogP contribution in [0.1, 0.15) is 30.7 Å². The van der Waals surface area contributed by atoms with Crippen molar-refractivity contribution in [3.8, 4) is 28.6 Å². The van der Waals surface area contributed by atoms with Crippen molar-refractivity contribution < 1.29 is 25.8 Å². The Labute approximate surface area is 291 Å². The largest absolute Gasteiger partial charge is 2.00 e. The Kier molecular flexibility index (Phi) is 6.25. The van der Waals surface area contributed by atoms with Crippen LogP contribution in [0, 0.1) is 19.1 Å². The number of aryl methyl sites for hydroxylation is 1. The molecule has 9 aromatic rings. The molecule has 5 aromatic carbocycles. The van der Waals surface area contributed by atoms with Crippen LogP contribution in [0.2, 0.25) is 0 Å². The molecule has 5 heterocycles. The molecule has 0 spiro atoms. The first-order valence-electron chi connectivity index (χ1n) is 15.9. The Morgan fingerprint density at radius 3 is 2.27 bits per heavy atom. The third kappa shape index (κ3) is 3.88. The molecule has 1 aliphatic rings. The number of aromatic nitrogens is 4. The molecule has 0 aliphatic carbocycles. The molecule has 0 amide bonds. The predicted molar refractivity (Wildman–Crippen MR) is 189 cm³/mol. The minimum absolute atomic E-state index is 0. The molecule has 232 valence electrons. The van der Waals surface area contributed by atoms with Gasteiger partial charge in [-0.1, -0.05) is 109 Å². The third-order valence-corrected chi connectivity index (χ3v) is 9.91. The second-order valence-electron chi connectivity index (χ2n) is 12.9. The summed E-state index contributed by atoms with van der Waals surface area (Å²) < 4.78 is 11.1. The van der Waals surface area contributed by atoms with E-state index in [1.54, 1.807) is 0 Å². The van der Waals surface area contributed by atoms with Crippen molar-refractivity contribution in [1.29, 1.82) is 0 Å². The zero-order valence-electron chi connectivity index (χ0n) is 26.5. The Morgan fingerprint density at radius 1 is 0.688 bits per heavy atom. The fraction of sp³-hybridized carbons (Fsp3) is 0.0952. The fourth-order valence-electron chi connectivity index (χ4n) is 7.77. The molecule has 0 radical (unpaired) electrons. The quantitative estimate of drug-likeness (QED) is 0.132. The molecule has 5 nitrogen and oxygen atoms in total. The molecule has 0 bridgehead atoms. The maximum absolute atomic E-state index is 6.57. The van der Waals surface area contributed by atoms with E-state index in [1.165, 1.54) is 22.0 Å². The smallest absolute Gasteiger partial charge is 0.503 e. The molecular formula is C42H28N4OPt.